The molecule has 1 aliphatic rings. The number of rotatable bonds is 5. The van der Waals surface area contributed by atoms with Crippen LogP contribution in [0.3, 0.4) is 0 Å². The van der Waals surface area contributed by atoms with Gasteiger partial charge in [-0.1, -0.05) is 20.8 Å². The van der Waals surface area contributed by atoms with Crippen molar-refractivity contribution in [1.29, 1.82) is 0 Å². The van der Waals surface area contributed by atoms with Crippen molar-refractivity contribution in [3.05, 3.63) is 22.4 Å². The number of carbonyl (C=O) groups is 1. The van der Waals surface area contributed by atoms with Crippen molar-refractivity contribution in [1.82, 2.24) is 10.2 Å². The number of thiophene rings is 1. The minimum atomic E-state index is -0.438. The number of aliphatic hydroxyl groups is 1. The number of hydrogen-bond acceptors (Lipinski definition) is 4. The lowest BCUT2D eigenvalue weighted by atomic mass is 9.91. The van der Waals surface area contributed by atoms with E-state index in [-0.39, 0.29) is 11.3 Å². The molecule has 0 radical (unpaired) electrons. The normalized spacial score (nSPS) is 18.5. The Morgan fingerprint density at radius 2 is 2.14 bits per heavy atom. The van der Waals surface area contributed by atoms with Crippen LogP contribution in [-0.4, -0.2) is 41.6 Å². The van der Waals surface area contributed by atoms with E-state index in [1.807, 2.05) is 21.7 Å². The van der Waals surface area contributed by atoms with Gasteiger partial charge in [-0.15, -0.1) is 0 Å². The summed E-state index contributed by atoms with van der Waals surface area (Å²) in [6.45, 7) is 8.53. The second-order valence-corrected chi connectivity index (χ2v) is 8.15. The number of carbonyl (C=O) groups excluding carboxylic acids is 1. The Kier molecular flexibility index (Phi) is 6.01. The molecule has 2 N–H and O–H groups in total. The summed E-state index contributed by atoms with van der Waals surface area (Å²) in [4.78, 5) is 14.2. The van der Waals surface area contributed by atoms with Crippen molar-refractivity contribution >= 4 is 17.2 Å². The molecule has 4 nitrogen and oxygen atoms in total. The summed E-state index contributed by atoms with van der Waals surface area (Å²) >= 11 is 1.61. The lowest BCUT2D eigenvalue weighted by molar-refractivity contribution is -0.134. The SMILES string of the molecule is CC(C)(C)CC(=O)N1CCC(NCC(O)c2ccsc2)CC1. The molecule has 2 rings (SSSR count). The topological polar surface area (TPSA) is 52.6 Å². The van der Waals surface area contributed by atoms with Gasteiger partial charge in [-0.2, -0.15) is 11.3 Å². The minimum absolute atomic E-state index is 0.0524. The molecule has 0 aliphatic carbocycles. The van der Waals surface area contributed by atoms with Crippen LogP contribution in [-0.2, 0) is 4.79 Å². The molecule has 22 heavy (non-hydrogen) atoms. The third kappa shape index (κ3) is 5.38. The molecule has 1 fully saturated rings. The predicted molar refractivity (Wildman–Crippen MR) is 91.0 cm³/mol. The molecule has 1 amide bonds. The monoisotopic (exact) mass is 324 g/mol. The summed E-state index contributed by atoms with van der Waals surface area (Å²) in [6, 6.07) is 2.36. The third-order valence-corrected chi connectivity index (χ3v) is 4.76. The first-order valence-corrected chi connectivity index (χ1v) is 9.01. The summed E-state index contributed by atoms with van der Waals surface area (Å²) in [6.07, 6.45) is 2.10. The zero-order chi connectivity index (χ0) is 16.2. The maximum absolute atomic E-state index is 12.2. The number of aliphatic hydroxyl groups excluding tert-OH is 1. The van der Waals surface area contributed by atoms with E-state index in [0.29, 0.717) is 19.0 Å². The largest absolute Gasteiger partial charge is 0.387 e. The first-order valence-electron chi connectivity index (χ1n) is 8.06. The molecule has 0 spiro atoms. The highest BCUT2D eigenvalue weighted by molar-refractivity contribution is 7.07. The van der Waals surface area contributed by atoms with Gasteiger partial charge in [0.25, 0.3) is 0 Å². The van der Waals surface area contributed by atoms with Crippen molar-refractivity contribution in [2.24, 2.45) is 5.41 Å². The Labute approximate surface area is 137 Å². The van der Waals surface area contributed by atoms with Crippen molar-refractivity contribution in [3.8, 4) is 0 Å². The van der Waals surface area contributed by atoms with Gasteiger partial charge in [-0.25, -0.2) is 0 Å². The van der Waals surface area contributed by atoms with Crippen LogP contribution in [0.25, 0.3) is 0 Å². The molecule has 1 aromatic heterocycles. The first kappa shape index (κ1) is 17.4. The lowest BCUT2D eigenvalue weighted by Gasteiger charge is -2.34. The Hall–Kier alpha value is -0.910. The van der Waals surface area contributed by atoms with Gasteiger partial charge < -0.3 is 15.3 Å². The molecule has 1 unspecified atom stereocenters. The summed E-state index contributed by atoms with van der Waals surface area (Å²) in [7, 11) is 0. The maximum atomic E-state index is 12.2. The zero-order valence-electron chi connectivity index (χ0n) is 13.8. The molecule has 0 saturated carbocycles. The van der Waals surface area contributed by atoms with Gasteiger partial charge in [0, 0.05) is 32.1 Å². The number of hydrogen-bond donors (Lipinski definition) is 2. The van der Waals surface area contributed by atoms with Crippen LogP contribution >= 0.6 is 11.3 Å². The average molecular weight is 324 g/mol. The summed E-state index contributed by atoms with van der Waals surface area (Å²) < 4.78 is 0. The van der Waals surface area contributed by atoms with E-state index in [1.165, 1.54) is 0 Å². The van der Waals surface area contributed by atoms with E-state index in [4.69, 9.17) is 0 Å². The van der Waals surface area contributed by atoms with Gasteiger partial charge in [-0.3, -0.25) is 4.79 Å². The number of amides is 1. The van der Waals surface area contributed by atoms with Crippen LogP contribution < -0.4 is 5.32 Å². The van der Waals surface area contributed by atoms with Gasteiger partial charge in [0.15, 0.2) is 0 Å². The number of nitrogens with one attached hydrogen (secondary N) is 1. The van der Waals surface area contributed by atoms with Gasteiger partial charge in [0.2, 0.25) is 5.91 Å². The van der Waals surface area contributed by atoms with Crippen molar-refractivity contribution in [2.75, 3.05) is 19.6 Å². The second-order valence-electron chi connectivity index (χ2n) is 7.37. The molecule has 1 aromatic rings. The molecular formula is C17H28N2O2S. The third-order valence-electron chi connectivity index (χ3n) is 4.06. The Bertz CT molecular complexity index is 460. The predicted octanol–water partition coefficient (Wildman–Crippen LogP) is 2.80. The highest BCUT2D eigenvalue weighted by Gasteiger charge is 2.25. The molecule has 0 aromatic carbocycles. The molecule has 1 aliphatic heterocycles. The van der Waals surface area contributed by atoms with E-state index in [2.05, 4.69) is 26.1 Å². The minimum Gasteiger partial charge on any atom is -0.387 e. The highest BCUT2D eigenvalue weighted by atomic mass is 32.1. The van der Waals surface area contributed by atoms with E-state index in [1.54, 1.807) is 11.3 Å². The van der Waals surface area contributed by atoms with Crippen LogP contribution in [0.1, 0.15) is 51.7 Å². The van der Waals surface area contributed by atoms with Crippen molar-refractivity contribution in [2.45, 2.75) is 52.2 Å². The summed E-state index contributed by atoms with van der Waals surface area (Å²) in [5, 5.41) is 17.5. The fourth-order valence-electron chi connectivity index (χ4n) is 2.76. The van der Waals surface area contributed by atoms with Crippen LogP contribution in [0.15, 0.2) is 16.8 Å². The van der Waals surface area contributed by atoms with Gasteiger partial charge >= 0.3 is 0 Å². The summed E-state index contributed by atoms with van der Waals surface area (Å²) in [5.41, 5.74) is 1.03. The standard InChI is InChI=1S/C17H28N2O2S/c1-17(2,3)10-16(21)19-7-4-14(5-8-19)18-11-15(20)13-6-9-22-12-13/h6,9,12,14-15,18,20H,4-5,7-8,10-11H2,1-3H3. The van der Waals surface area contributed by atoms with Crippen LogP contribution in [0.2, 0.25) is 0 Å². The number of piperidine rings is 1. The van der Waals surface area contributed by atoms with E-state index in [9.17, 15) is 9.90 Å². The van der Waals surface area contributed by atoms with Crippen LogP contribution in [0.4, 0.5) is 0 Å². The Balaban J connectivity index is 1.70. The van der Waals surface area contributed by atoms with E-state index in [0.717, 1.165) is 31.5 Å². The lowest BCUT2D eigenvalue weighted by Crippen LogP contribution is -2.46. The van der Waals surface area contributed by atoms with Crippen molar-refractivity contribution < 1.29 is 9.90 Å². The quantitative estimate of drug-likeness (QED) is 0.876. The maximum Gasteiger partial charge on any atom is 0.223 e. The second kappa shape index (κ2) is 7.57. The molecule has 1 atom stereocenters. The number of nitrogens with zero attached hydrogens (tertiary/aromatic N) is 1. The number of likely N-dealkylation sites (tertiary alicyclic amines) is 1. The van der Waals surface area contributed by atoms with Crippen LogP contribution in [0.5, 0.6) is 0 Å². The highest BCUT2D eigenvalue weighted by Crippen LogP contribution is 2.22. The van der Waals surface area contributed by atoms with Gasteiger partial charge in [0.1, 0.15) is 0 Å². The van der Waals surface area contributed by atoms with Gasteiger partial charge in [0.05, 0.1) is 6.10 Å². The zero-order valence-corrected chi connectivity index (χ0v) is 14.7. The van der Waals surface area contributed by atoms with Crippen LogP contribution in [0, 0.1) is 5.41 Å². The molecule has 1 saturated heterocycles. The molecule has 124 valence electrons. The smallest absolute Gasteiger partial charge is 0.223 e. The summed E-state index contributed by atoms with van der Waals surface area (Å²) in [5.74, 6) is 0.268. The van der Waals surface area contributed by atoms with Gasteiger partial charge in [-0.05, 0) is 40.6 Å². The molecule has 5 heteroatoms. The molecule has 0 bridgehead atoms. The molecular weight excluding hydrogens is 296 g/mol. The fraction of sp³-hybridized carbons (Fsp3) is 0.706. The Morgan fingerprint density at radius 1 is 1.45 bits per heavy atom. The van der Waals surface area contributed by atoms with Crippen molar-refractivity contribution in [3.63, 3.8) is 0 Å². The van der Waals surface area contributed by atoms with E-state index >= 15 is 0 Å². The molecule has 2 heterocycles. The fourth-order valence-corrected chi connectivity index (χ4v) is 3.47. The Morgan fingerprint density at radius 3 is 2.68 bits per heavy atom. The average Bonchev–Trinajstić information content (AvgIpc) is 2.97. The van der Waals surface area contributed by atoms with E-state index < -0.39 is 6.10 Å². The first-order chi connectivity index (χ1) is 10.3.